The lowest BCUT2D eigenvalue weighted by atomic mass is 10.2. The number of hydrogen-bond acceptors (Lipinski definition) is 2. The van der Waals surface area contributed by atoms with Gasteiger partial charge in [-0.3, -0.25) is 9.59 Å². The van der Waals surface area contributed by atoms with Gasteiger partial charge in [0.05, 0.1) is 0 Å². The van der Waals surface area contributed by atoms with Gasteiger partial charge in [-0.1, -0.05) is 11.6 Å². The Kier molecular flexibility index (Phi) is 3.59. The summed E-state index contributed by atoms with van der Waals surface area (Å²) in [5, 5.41) is 2.59. The largest absolute Gasteiger partial charge is 0.346 e. The number of hydrogen-bond donors (Lipinski definition) is 1. The van der Waals surface area contributed by atoms with Crippen molar-refractivity contribution in [3.8, 4) is 0 Å². The second-order valence-electron chi connectivity index (χ2n) is 2.57. The fourth-order valence-electron chi connectivity index (χ4n) is 0.903. The topological polar surface area (TPSA) is 46.2 Å². The van der Waals surface area contributed by atoms with E-state index in [4.69, 9.17) is 11.6 Å². The van der Waals surface area contributed by atoms with Gasteiger partial charge in [0, 0.05) is 17.1 Å². The smallest absolute Gasteiger partial charge is 0.284 e. The Morgan fingerprint density at radius 2 is 2.29 bits per heavy atom. The molecule has 0 radical (unpaired) electrons. The molecule has 0 heterocycles. The van der Waals surface area contributed by atoms with Crippen LogP contribution in [0.3, 0.4) is 0 Å². The van der Waals surface area contributed by atoms with Crippen LogP contribution in [0, 0.1) is 5.82 Å². The van der Waals surface area contributed by atoms with Crippen molar-refractivity contribution in [3.63, 3.8) is 0 Å². The Bertz CT molecular complexity index is 368. The molecule has 1 amide bonds. The number of aldehydes is 1. The van der Waals surface area contributed by atoms with Crippen LogP contribution in [0.1, 0.15) is 5.56 Å². The van der Waals surface area contributed by atoms with Crippen LogP contribution in [0.2, 0.25) is 5.02 Å². The molecule has 74 valence electrons. The Balaban J connectivity index is 2.71. The first-order valence-electron chi connectivity index (χ1n) is 3.80. The quantitative estimate of drug-likeness (QED) is 0.610. The lowest BCUT2D eigenvalue weighted by molar-refractivity contribution is -0.131. The summed E-state index contributed by atoms with van der Waals surface area (Å²) in [5.74, 6) is -1.26. The van der Waals surface area contributed by atoms with Gasteiger partial charge in [0.2, 0.25) is 6.29 Å². The van der Waals surface area contributed by atoms with Crippen molar-refractivity contribution in [2.24, 2.45) is 0 Å². The summed E-state index contributed by atoms with van der Waals surface area (Å²) in [6.07, 6.45) is 0.127. The van der Waals surface area contributed by atoms with Gasteiger partial charge in [-0.05, 0) is 18.2 Å². The molecule has 0 aliphatic rings. The monoisotopic (exact) mass is 215 g/mol. The minimum absolute atomic E-state index is 0.0516. The number of nitrogens with one attached hydrogen (secondary N) is 1. The number of amides is 1. The van der Waals surface area contributed by atoms with Crippen LogP contribution in [0.25, 0.3) is 0 Å². The Morgan fingerprint density at radius 3 is 2.93 bits per heavy atom. The van der Waals surface area contributed by atoms with Gasteiger partial charge in [0.15, 0.2) is 0 Å². The molecule has 0 unspecified atom stereocenters. The van der Waals surface area contributed by atoms with Crippen molar-refractivity contribution in [1.29, 1.82) is 0 Å². The molecule has 3 nitrogen and oxygen atoms in total. The van der Waals surface area contributed by atoms with E-state index in [-0.39, 0.29) is 18.4 Å². The van der Waals surface area contributed by atoms with Crippen LogP contribution < -0.4 is 5.32 Å². The molecule has 0 saturated carbocycles. The van der Waals surface area contributed by atoms with Gasteiger partial charge in [-0.15, -0.1) is 0 Å². The summed E-state index contributed by atoms with van der Waals surface area (Å²) in [7, 11) is 0. The molecule has 1 aromatic rings. The number of benzene rings is 1. The van der Waals surface area contributed by atoms with Crippen molar-refractivity contribution < 1.29 is 14.0 Å². The predicted molar refractivity (Wildman–Crippen MR) is 49.3 cm³/mol. The maximum atomic E-state index is 13.0. The van der Waals surface area contributed by atoms with E-state index in [1.807, 2.05) is 0 Å². The molecule has 1 N–H and O–H groups in total. The highest BCUT2D eigenvalue weighted by Gasteiger charge is 2.04. The first-order chi connectivity index (χ1) is 6.63. The summed E-state index contributed by atoms with van der Waals surface area (Å²) < 4.78 is 13.0. The molecule has 0 spiro atoms. The summed E-state index contributed by atoms with van der Waals surface area (Å²) in [5.41, 5.74) is 0.243. The first-order valence-corrected chi connectivity index (χ1v) is 4.18. The van der Waals surface area contributed by atoms with E-state index in [0.717, 1.165) is 0 Å². The standard InChI is InChI=1S/C9H7ClFNO2/c10-7-1-2-8(11)6(3-7)4-12-9(14)5-13/h1-3,5H,4H2,(H,12,14). The van der Waals surface area contributed by atoms with Crippen molar-refractivity contribution >= 4 is 23.8 Å². The summed E-state index contributed by atoms with van der Waals surface area (Å²) in [6.45, 7) is -0.0516. The molecule has 14 heavy (non-hydrogen) atoms. The molecule has 0 aliphatic heterocycles. The number of rotatable bonds is 3. The van der Waals surface area contributed by atoms with Gasteiger partial charge in [-0.25, -0.2) is 4.39 Å². The van der Waals surface area contributed by atoms with E-state index >= 15 is 0 Å². The fraction of sp³-hybridized carbons (Fsp3) is 0.111. The van der Waals surface area contributed by atoms with Crippen LogP contribution in [-0.4, -0.2) is 12.2 Å². The van der Waals surface area contributed by atoms with Crippen LogP contribution in [0.15, 0.2) is 18.2 Å². The van der Waals surface area contributed by atoms with Crippen LogP contribution in [0.4, 0.5) is 4.39 Å². The summed E-state index contributed by atoms with van der Waals surface area (Å²) >= 11 is 5.62. The van der Waals surface area contributed by atoms with E-state index in [9.17, 15) is 14.0 Å². The van der Waals surface area contributed by atoms with Crippen LogP contribution in [-0.2, 0) is 16.1 Å². The minimum atomic E-state index is -0.788. The summed E-state index contributed by atoms with van der Waals surface area (Å²) in [6, 6.07) is 3.99. The summed E-state index contributed by atoms with van der Waals surface area (Å²) in [4.78, 5) is 20.5. The molecule has 0 saturated heterocycles. The molecule has 1 rings (SSSR count). The normalized spacial score (nSPS) is 9.57. The number of carbonyl (C=O) groups excluding carboxylic acids is 2. The number of halogens is 2. The zero-order valence-electron chi connectivity index (χ0n) is 7.09. The SMILES string of the molecule is O=CC(=O)NCc1cc(Cl)ccc1F. The third-order valence-electron chi connectivity index (χ3n) is 1.57. The Hall–Kier alpha value is -1.42. The zero-order valence-corrected chi connectivity index (χ0v) is 7.84. The molecular formula is C9H7ClFNO2. The van der Waals surface area contributed by atoms with Crippen molar-refractivity contribution in [2.45, 2.75) is 6.54 Å². The molecule has 0 fully saturated rings. The highest BCUT2D eigenvalue weighted by Crippen LogP contribution is 2.14. The minimum Gasteiger partial charge on any atom is -0.346 e. The average Bonchev–Trinajstić information content (AvgIpc) is 2.19. The van der Waals surface area contributed by atoms with E-state index in [1.165, 1.54) is 18.2 Å². The second kappa shape index (κ2) is 4.72. The van der Waals surface area contributed by atoms with E-state index < -0.39 is 11.7 Å². The maximum absolute atomic E-state index is 13.0. The molecule has 0 bridgehead atoms. The molecule has 0 aromatic heterocycles. The average molecular weight is 216 g/mol. The lowest BCUT2D eigenvalue weighted by Gasteiger charge is -2.03. The molecule has 5 heteroatoms. The predicted octanol–water partition coefficient (Wildman–Crippen LogP) is 1.29. The lowest BCUT2D eigenvalue weighted by Crippen LogP contribution is -2.23. The van der Waals surface area contributed by atoms with Crippen molar-refractivity contribution in [1.82, 2.24) is 5.32 Å². The Morgan fingerprint density at radius 1 is 1.57 bits per heavy atom. The van der Waals surface area contributed by atoms with E-state index in [2.05, 4.69) is 5.32 Å². The molecular weight excluding hydrogens is 209 g/mol. The van der Waals surface area contributed by atoms with Gasteiger partial charge in [0.1, 0.15) is 5.82 Å². The number of carbonyl (C=O) groups is 2. The first kappa shape index (κ1) is 10.7. The van der Waals surface area contributed by atoms with E-state index in [0.29, 0.717) is 5.02 Å². The molecule has 0 atom stereocenters. The molecule has 1 aromatic carbocycles. The van der Waals surface area contributed by atoms with Gasteiger partial charge in [-0.2, -0.15) is 0 Å². The van der Waals surface area contributed by atoms with Crippen molar-refractivity contribution in [3.05, 3.63) is 34.6 Å². The van der Waals surface area contributed by atoms with Gasteiger partial charge in [0.25, 0.3) is 5.91 Å². The van der Waals surface area contributed by atoms with Gasteiger partial charge >= 0.3 is 0 Å². The fourth-order valence-corrected chi connectivity index (χ4v) is 1.10. The highest BCUT2D eigenvalue weighted by atomic mass is 35.5. The van der Waals surface area contributed by atoms with Crippen LogP contribution >= 0.6 is 11.6 Å². The highest BCUT2D eigenvalue weighted by molar-refractivity contribution is 6.30. The maximum Gasteiger partial charge on any atom is 0.284 e. The van der Waals surface area contributed by atoms with Crippen molar-refractivity contribution in [2.75, 3.05) is 0 Å². The molecule has 0 aliphatic carbocycles. The van der Waals surface area contributed by atoms with Gasteiger partial charge < -0.3 is 5.32 Å². The van der Waals surface area contributed by atoms with Crippen LogP contribution in [0.5, 0.6) is 0 Å². The van der Waals surface area contributed by atoms with E-state index in [1.54, 1.807) is 0 Å². The zero-order chi connectivity index (χ0) is 10.6. The Labute approximate surface area is 84.9 Å². The second-order valence-corrected chi connectivity index (χ2v) is 3.01. The third kappa shape index (κ3) is 2.81. The third-order valence-corrected chi connectivity index (χ3v) is 1.80.